The maximum atomic E-state index is 5.95. The highest BCUT2D eigenvalue weighted by Crippen LogP contribution is 2.22. The van der Waals surface area contributed by atoms with E-state index < -0.39 is 0 Å². The molecule has 0 saturated carbocycles. The van der Waals surface area contributed by atoms with Crippen molar-refractivity contribution in [3.8, 4) is 11.6 Å². The van der Waals surface area contributed by atoms with Crippen LogP contribution in [0.25, 0.3) is 5.82 Å². The summed E-state index contributed by atoms with van der Waals surface area (Å²) in [5, 5.41) is 3.04. The van der Waals surface area contributed by atoms with Crippen molar-refractivity contribution in [3.05, 3.63) is 66.4 Å². The minimum Gasteiger partial charge on any atom is -0.495 e. The Hall–Kier alpha value is -3.35. The molecule has 2 heterocycles. The number of nitrogens with one attached hydrogen (secondary N) is 1. The molecule has 0 radical (unpaired) electrons. The third kappa shape index (κ3) is 3.95. The fraction of sp³-hybridized carbons (Fsp3) is 0.167. The second kappa shape index (κ2) is 7.48. The Labute approximate surface area is 146 Å². The van der Waals surface area contributed by atoms with E-state index in [0.29, 0.717) is 18.3 Å². The molecule has 0 saturated heterocycles. The number of hydrogen-bond acceptors (Lipinski definition) is 4. The molecular formula is C18H20N6O. The first kappa shape index (κ1) is 16.5. The zero-order chi connectivity index (χ0) is 17.6. The van der Waals surface area contributed by atoms with E-state index in [1.54, 1.807) is 19.5 Å². The van der Waals surface area contributed by atoms with Gasteiger partial charge in [0.15, 0.2) is 5.96 Å². The number of aromatic nitrogens is 3. The lowest BCUT2D eigenvalue weighted by Gasteiger charge is -2.10. The molecule has 7 nitrogen and oxygen atoms in total. The van der Waals surface area contributed by atoms with Gasteiger partial charge in [-0.15, -0.1) is 0 Å². The Morgan fingerprint density at radius 2 is 2.08 bits per heavy atom. The maximum absolute atomic E-state index is 5.95. The van der Waals surface area contributed by atoms with Crippen LogP contribution < -0.4 is 15.8 Å². The predicted molar refractivity (Wildman–Crippen MR) is 98.0 cm³/mol. The summed E-state index contributed by atoms with van der Waals surface area (Å²) in [6.07, 6.45) is 5.42. The van der Waals surface area contributed by atoms with Crippen molar-refractivity contribution in [2.45, 2.75) is 13.5 Å². The highest BCUT2D eigenvalue weighted by atomic mass is 16.5. The van der Waals surface area contributed by atoms with Gasteiger partial charge >= 0.3 is 0 Å². The van der Waals surface area contributed by atoms with Crippen LogP contribution in [-0.4, -0.2) is 27.6 Å². The van der Waals surface area contributed by atoms with Crippen molar-refractivity contribution in [2.75, 3.05) is 12.4 Å². The average Bonchev–Trinajstić information content (AvgIpc) is 3.07. The first-order chi connectivity index (χ1) is 12.2. The largest absolute Gasteiger partial charge is 0.495 e. The number of nitrogens with zero attached hydrogens (tertiary/aromatic N) is 4. The van der Waals surface area contributed by atoms with Gasteiger partial charge in [-0.2, -0.15) is 0 Å². The van der Waals surface area contributed by atoms with Crippen LogP contribution in [0.3, 0.4) is 0 Å². The first-order valence-electron chi connectivity index (χ1n) is 7.82. The average molecular weight is 336 g/mol. The lowest BCUT2D eigenvalue weighted by Crippen LogP contribution is -2.22. The SMILES string of the molecule is COc1ccccc1NC(N)=NCc1ccc(-n2ccnc2C)nc1. The molecule has 0 aliphatic heterocycles. The van der Waals surface area contributed by atoms with Gasteiger partial charge in [0.25, 0.3) is 0 Å². The molecule has 3 aromatic rings. The van der Waals surface area contributed by atoms with E-state index in [0.717, 1.165) is 22.9 Å². The van der Waals surface area contributed by atoms with Crippen LogP contribution in [0.2, 0.25) is 0 Å². The van der Waals surface area contributed by atoms with E-state index in [9.17, 15) is 0 Å². The van der Waals surface area contributed by atoms with Gasteiger partial charge in [0, 0.05) is 18.6 Å². The van der Waals surface area contributed by atoms with Crippen molar-refractivity contribution >= 4 is 11.6 Å². The molecule has 0 spiro atoms. The van der Waals surface area contributed by atoms with E-state index >= 15 is 0 Å². The van der Waals surface area contributed by atoms with Crippen LogP contribution in [0.4, 0.5) is 5.69 Å². The van der Waals surface area contributed by atoms with Gasteiger partial charge in [-0.3, -0.25) is 4.57 Å². The van der Waals surface area contributed by atoms with Crippen molar-refractivity contribution in [1.29, 1.82) is 0 Å². The maximum Gasteiger partial charge on any atom is 0.193 e. The first-order valence-corrected chi connectivity index (χ1v) is 7.82. The number of pyridine rings is 1. The second-order valence-electron chi connectivity index (χ2n) is 5.40. The molecule has 3 rings (SSSR count). The molecule has 2 aromatic heterocycles. The fourth-order valence-electron chi connectivity index (χ4n) is 2.37. The number of aryl methyl sites for hydroxylation is 1. The van der Waals surface area contributed by atoms with E-state index in [2.05, 4.69) is 20.3 Å². The molecule has 0 aliphatic rings. The molecule has 0 aliphatic carbocycles. The van der Waals surface area contributed by atoms with E-state index in [4.69, 9.17) is 10.5 Å². The van der Waals surface area contributed by atoms with Crippen LogP contribution in [-0.2, 0) is 6.54 Å². The summed E-state index contributed by atoms with van der Waals surface area (Å²) < 4.78 is 7.20. The zero-order valence-corrected chi connectivity index (χ0v) is 14.2. The number of methoxy groups -OCH3 is 1. The number of hydrogen-bond donors (Lipinski definition) is 2. The molecule has 0 unspecified atom stereocenters. The summed E-state index contributed by atoms with van der Waals surface area (Å²) in [5.41, 5.74) is 7.69. The van der Waals surface area contributed by atoms with Crippen molar-refractivity contribution in [2.24, 2.45) is 10.7 Å². The summed E-state index contributed by atoms with van der Waals surface area (Å²) in [4.78, 5) is 13.0. The number of nitrogens with two attached hydrogens (primary N) is 1. The molecule has 0 atom stereocenters. The molecule has 128 valence electrons. The minimum absolute atomic E-state index is 0.319. The number of anilines is 1. The number of para-hydroxylation sites is 2. The monoisotopic (exact) mass is 336 g/mol. The lowest BCUT2D eigenvalue weighted by molar-refractivity contribution is 0.417. The Morgan fingerprint density at radius 3 is 2.76 bits per heavy atom. The molecule has 0 bridgehead atoms. The Kier molecular flexibility index (Phi) is 4.94. The predicted octanol–water partition coefficient (Wildman–Crippen LogP) is 2.51. The Balaban J connectivity index is 1.66. The molecule has 25 heavy (non-hydrogen) atoms. The Morgan fingerprint density at radius 1 is 1.24 bits per heavy atom. The molecular weight excluding hydrogens is 316 g/mol. The van der Waals surface area contributed by atoms with Crippen LogP contribution in [0.5, 0.6) is 5.75 Å². The zero-order valence-electron chi connectivity index (χ0n) is 14.2. The van der Waals surface area contributed by atoms with Gasteiger partial charge in [-0.1, -0.05) is 18.2 Å². The number of rotatable bonds is 5. The van der Waals surface area contributed by atoms with E-state index in [1.165, 1.54) is 0 Å². The lowest BCUT2D eigenvalue weighted by atomic mass is 10.3. The van der Waals surface area contributed by atoms with E-state index in [-0.39, 0.29) is 0 Å². The number of benzene rings is 1. The highest BCUT2D eigenvalue weighted by molar-refractivity contribution is 5.93. The van der Waals surface area contributed by atoms with Crippen LogP contribution >= 0.6 is 0 Å². The number of guanidine groups is 1. The van der Waals surface area contributed by atoms with Gasteiger partial charge in [0.1, 0.15) is 17.4 Å². The summed E-state index contributed by atoms with van der Waals surface area (Å²) in [6.45, 7) is 2.37. The van der Waals surface area contributed by atoms with E-state index in [1.807, 2.05) is 54.1 Å². The molecule has 7 heteroatoms. The number of imidazole rings is 1. The summed E-state index contributed by atoms with van der Waals surface area (Å²) in [7, 11) is 1.61. The second-order valence-corrected chi connectivity index (χ2v) is 5.40. The summed E-state index contributed by atoms with van der Waals surface area (Å²) >= 11 is 0. The highest BCUT2D eigenvalue weighted by Gasteiger charge is 2.04. The van der Waals surface area contributed by atoms with Crippen molar-refractivity contribution < 1.29 is 4.74 Å². The smallest absolute Gasteiger partial charge is 0.193 e. The summed E-state index contributed by atoms with van der Waals surface area (Å²) in [5.74, 6) is 2.74. The number of aliphatic imine (C=N–C) groups is 1. The van der Waals surface area contributed by atoms with Gasteiger partial charge in [-0.05, 0) is 30.7 Å². The van der Waals surface area contributed by atoms with Crippen LogP contribution in [0.1, 0.15) is 11.4 Å². The molecule has 0 amide bonds. The minimum atomic E-state index is 0.319. The van der Waals surface area contributed by atoms with Gasteiger partial charge in [0.2, 0.25) is 0 Å². The number of ether oxygens (including phenoxy) is 1. The standard InChI is InChI=1S/C18H20N6O/c1-13-20-9-10-24(13)17-8-7-14(11-21-17)12-22-18(19)23-15-5-3-4-6-16(15)25-2/h3-11H,12H2,1-2H3,(H3,19,22,23). The van der Waals surface area contributed by atoms with Crippen LogP contribution in [0, 0.1) is 6.92 Å². The molecule has 1 aromatic carbocycles. The van der Waals surface area contributed by atoms with Gasteiger partial charge in [-0.25, -0.2) is 15.0 Å². The normalized spacial score (nSPS) is 11.4. The van der Waals surface area contributed by atoms with Gasteiger partial charge < -0.3 is 15.8 Å². The Bertz CT molecular complexity index is 869. The van der Waals surface area contributed by atoms with Crippen LogP contribution in [0.15, 0.2) is 60.0 Å². The summed E-state index contributed by atoms with van der Waals surface area (Å²) in [6, 6.07) is 11.4. The third-order valence-corrected chi connectivity index (χ3v) is 3.68. The van der Waals surface area contributed by atoms with Crippen molar-refractivity contribution in [3.63, 3.8) is 0 Å². The quantitative estimate of drug-likeness (QED) is 0.552. The van der Waals surface area contributed by atoms with Crippen molar-refractivity contribution in [1.82, 2.24) is 14.5 Å². The molecule has 0 fully saturated rings. The van der Waals surface area contributed by atoms with Gasteiger partial charge in [0.05, 0.1) is 19.3 Å². The third-order valence-electron chi connectivity index (χ3n) is 3.68. The topological polar surface area (TPSA) is 90.3 Å². The molecule has 3 N–H and O–H groups in total. The fourth-order valence-corrected chi connectivity index (χ4v) is 2.37.